The van der Waals surface area contributed by atoms with Crippen LogP contribution in [0.25, 0.3) is 5.76 Å². The number of ether oxygens (including phenoxy) is 1. The summed E-state index contributed by atoms with van der Waals surface area (Å²) in [6.45, 7) is 4.19. The Morgan fingerprint density at radius 2 is 1.74 bits per heavy atom. The number of aliphatic hydroxyl groups excluding tert-OH is 1. The quantitative estimate of drug-likeness (QED) is 0.271. The molecule has 1 heterocycles. The van der Waals surface area contributed by atoms with E-state index in [1.54, 1.807) is 30.3 Å². The summed E-state index contributed by atoms with van der Waals surface area (Å²) < 4.78 is 5.56. The van der Waals surface area contributed by atoms with E-state index in [4.69, 9.17) is 16.3 Å². The fourth-order valence-corrected chi connectivity index (χ4v) is 4.49. The lowest BCUT2D eigenvalue weighted by Gasteiger charge is -2.27. The van der Waals surface area contributed by atoms with Crippen LogP contribution in [0.4, 0.5) is 11.4 Å². The van der Waals surface area contributed by atoms with Crippen LogP contribution in [0.5, 0.6) is 5.75 Å². The van der Waals surface area contributed by atoms with E-state index < -0.39 is 17.7 Å². The first-order valence-corrected chi connectivity index (χ1v) is 11.7. The largest absolute Gasteiger partial charge is 0.507 e. The lowest BCUT2D eigenvalue weighted by molar-refractivity contribution is -0.132. The van der Waals surface area contributed by atoms with E-state index in [0.29, 0.717) is 18.0 Å². The zero-order valence-electron chi connectivity index (χ0n) is 20.1. The molecule has 7 heteroatoms. The van der Waals surface area contributed by atoms with Crippen molar-refractivity contribution in [2.75, 3.05) is 30.5 Å². The van der Waals surface area contributed by atoms with E-state index in [2.05, 4.69) is 0 Å². The molecule has 35 heavy (non-hydrogen) atoms. The molecular formula is C28H27ClN2O4. The molecule has 1 N–H and O–H groups in total. The predicted octanol–water partition coefficient (Wildman–Crippen LogP) is 5.74. The zero-order chi connectivity index (χ0) is 25.3. The monoisotopic (exact) mass is 490 g/mol. The molecule has 3 aromatic carbocycles. The Bertz CT molecular complexity index is 1310. The number of carbonyl (C=O) groups is 2. The fraction of sp³-hybridized carbons (Fsp3) is 0.214. The molecule has 1 aliphatic rings. The third-order valence-corrected chi connectivity index (χ3v) is 6.41. The summed E-state index contributed by atoms with van der Waals surface area (Å²) in [6, 6.07) is 18.9. The highest BCUT2D eigenvalue weighted by Gasteiger charge is 2.47. The number of carbonyl (C=O) groups excluding carboxylic acids is 2. The van der Waals surface area contributed by atoms with Gasteiger partial charge in [0.15, 0.2) is 0 Å². The SMILES string of the molecule is CCOc1ccc(Cl)c(/C(O)=C2\C(=O)C(=O)N(c3ccc(N(C)C)cc3)C2c2ccccc2C)c1. The van der Waals surface area contributed by atoms with Crippen molar-refractivity contribution in [3.63, 3.8) is 0 Å². The van der Waals surface area contributed by atoms with Crippen LogP contribution in [0.1, 0.15) is 29.7 Å². The molecule has 1 aliphatic heterocycles. The number of hydrogen-bond donors (Lipinski definition) is 1. The molecule has 1 fully saturated rings. The second-order valence-electron chi connectivity index (χ2n) is 8.51. The maximum absolute atomic E-state index is 13.4. The van der Waals surface area contributed by atoms with Crippen molar-refractivity contribution in [1.82, 2.24) is 0 Å². The number of Topliss-reactive ketones (excluding diaryl/α,β-unsaturated/α-hetero) is 1. The van der Waals surface area contributed by atoms with Gasteiger partial charge in [-0.2, -0.15) is 0 Å². The average molecular weight is 491 g/mol. The van der Waals surface area contributed by atoms with E-state index in [1.807, 2.05) is 69.2 Å². The van der Waals surface area contributed by atoms with Crippen molar-refractivity contribution in [2.24, 2.45) is 0 Å². The van der Waals surface area contributed by atoms with Crippen LogP contribution < -0.4 is 14.5 Å². The van der Waals surface area contributed by atoms with E-state index in [1.165, 1.54) is 4.90 Å². The Kier molecular flexibility index (Phi) is 6.85. The Balaban J connectivity index is 1.94. The van der Waals surface area contributed by atoms with Gasteiger partial charge in [-0.1, -0.05) is 35.9 Å². The fourth-order valence-electron chi connectivity index (χ4n) is 4.29. The van der Waals surface area contributed by atoms with Crippen LogP contribution in [-0.4, -0.2) is 37.5 Å². The summed E-state index contributed by atoms with van der Waals surface area (Å²) in [5, 5.41) is 11.7. The minimum Gasteiger partial charge on any atom is -0.507 e. The van der Waals surface area contributed by atoms with E-state index in [-0.39, 0.29) is 21.9 Å². The van der Waals surface area contributed by atoms with Gasteiger partial charge in [0, 0.05) is 31.0 Å². The highest BCUT2D eigenvalue weighted by Crippen LogP contribution is 2.44. The summed E-state index contributed by atoms with van der Waals surface area (Å²) in [4.78, 5) is 30.2. The van der Waals surface area contributed by atoms with Gasteiger partial charge in [0.05, 0.1) is 23.2 Å². The van der Waals surface area contributed by atoms with Crippen molar-refractivity contribution >= 4 is 40.4 Å². The van der Waals surface area contributed by atoms with E-state index in [9.17, 15) is 14.7 Å². The molecule has 3 aromatic rings. The third kappa shape index (κ3) is 4.49. The zero-order valence-corrected chi connectivity index (χ0v) is 20.8. The number of benzene rings is 3. The second kappa shape index (κ2) is 9.84. The number of rotatable bonds is 6. The molecule has 0 spiro atoms. The van der Waals surface area contributed by atoms with Crippen molar-refractivity contribution in [3.8, 4) is 5.75 Å². The number of aryl methyl sites for hydroxylation is 1. The molecular weight excluding hydrogens is 464 g/mol. The molecule has 0 saturated carbocycles. The highest BCUT2D eigenvalue weighted by molar-refractivity contribution is 6.52. The van der Waals surface area contributed by atoms with E-state index in [0.717, 1.165) is 16.8 Å². The number of anilines is 2. The summed E-state index contributed by atoms with van der Waals surface area (Å²) in [6.07, 6.45) is 0. The first-order valence-electron chi connectivity index (χ1n) is 11.3. The molecule has 1 atom stereocenters. The number of halogens is 1. The predicted molar refractivity (Wildman–Crippen MR) is 139 cm³/mol. The maximum atomic E-state index is 13.4. The van der Waals surface area contributed by atoms with Crippen molar-refractivity contribution in [2.45, 2.75) is 19.9 Å². The number of ketones is 1. The first-order chi connectivity index (χ1) is 16.7. The van der Waals surface area contributed by atoms with Crippen LogP contribution in [0.15, 0.2) is 72.3 Å². The van der Waals surface area contributed by atoms with Crippen LogP contribution in [0.3, 0.4) is 0 Å². The van der Waals surface area contributed by atoms with Crippen LogP contribution in [0.2, 0.25) is 5.02 Å². The Morgan fingerprint density at radius 1 is 1.06 bits per heavy atom. The van der Waals surface area contributed by atoms with Crippen molar-refractivity contribution < 1.29 is 19.4 Å². The Labute approximate surface area is 210 Å². The third-order valence-electron chi connectivity index (χ3n) is 6.08. The van der Waals surface area contributed by atoms with Gasteiger partial charge in [-0.05, 0) is 67.4 Å². The smallest absolute Gasteiger partial charge is 0.300 e. The van der Waals surface area contributed by atoms with Gasteiger partial charge in [0.2, 0.25) is 0 Å². The van der Waals surface area contributed by atoms with Crippen LogP contribution >= 0.6 is 11.6 Å². The number of hydrogen-bond acceptors (Lipinski definition) is 5. The number of amides is 1. The second-order valence-corrected chi connectivity index (χ2v) is 8.92. The summed E-state index contributed by atoms with van der Waals surface area (Å²) in [5.74, 6) is -1.32. The molecule has 6 nitrogen and oxygen atoms in total. The number of aliphatic hydroxyl groups is 1. The van der Waals surface area contributed by atoms with Gasteiger partial charge in [-0.25, -0.2) is 0 Å². The van der Waals surface area contributed by atoms with Gasteiger partial charge in [-0.3, -0.25) is 14.5 Å². The molecule has 1 amide bonds. The van der Waals surface area contributed by atoms with Crippen molar-refractivity contribution in [3.05, 3.63) is 94.0 Å². The van der Waals surface area contributed by atoms with Crippen LogP contribution in [-0.2, 0) is 9.59 Å². The molecule has 0 bridgehead atoms. The lowest BCUT2D eigenvalue weighted by Crippen LogP contribution is -2.29. The molecule has 0 aliphatic carbocycles. The topological polar surface area (TPSA) is 70.1 Å². The summed E-state index contributed by atoms with van der Waals surface area (Å²) in [5.41, 5.74) is 3.35. The Hall–Kier alpha value is -3.77. The normalized spacial score (nSPS) is 17.1. The van der Waals surface area contributed by atoms with E-state index >= 15 is 0 Å². The molecule has 1 unspecified atom stereocenters. The minimum atomic E-state index is -0.826. The molecule has 4 rings (SSSR count). The Morgan fingerprint density at radius 3 is 2.37 bits per heavy atom. The molecule has 180 valence electrons. The van der Waals surface area contributed by atoms with Gasteiger partial charge in [-0.15, -0.1) is 0 Å². The summed E-state index contributed by atoms with van der Waals surface area (Å²) in [7, 11) is 3.85. The van der Waals surface area contributed by atoms with Gasteiger partial charge in [0.1, 0.15) is 11.5 Å². The highest BCUT2D eigenvalue weighted by atomic mass is 35.5. The van der Waals surface area contributed by atoms with Gasteiger partial charge >= 0.3 is 0 Å². The molecule has 0 aromatic heterocycles. The first kappa shape index (κ1) is 24.4. The lowest BCUT2D eigenvalue weighted by atomic mass is 9.92. The van der Waals surface area contributed by atoms with Gasteiger partial charge < -0.3 is 14.7 Å². The number of nitrogens with zero attached hydrogens (tertiary/aromatic N) is 2. The maximum Gasteiger partial charge on any atom is 0.300 e. The summed E-state index contributed by atoms with van der Waals surface area (Å²) >= 11 is 6.42. The van der Waals surface area contributed by atoms with Crippen molar-refractivity contribution in [1.29, 1.82) is 0 Å². The van der Waals surface area contributed by atoms with Crippen LogP contribution in [0, 0.1) is 6.92 Å². The average Bonchev–Trinajstić information content (AvgIpc) is 3.10. The molecule has 1 saturated heterocycles. The minimum absolute atomic E-state index is 0.0171. The standard InChI is InChI=1S/C28H27ClN2O4/c1-5-35-20-14-15-23(29)22(16-20)26(32)24-25(21-9-7-6-8-17(21)2)31(28(34)27(24)33)19-12-10-18(11-13-19)30(3)4/h6-16,25,32H,5H2,1-4H3/b26-24+. The van der Waals surface area contributed by atoms with Gasteiger partial charge in [0.25, 0.3) is 11.7 Å². The molecule has 0 radical (unpaired) electrons.